The highest BCUT2D eigenvalue weighted by atomic mass is 35.5. The molecule has 1 aliphatic heterocycles. The van der Waals surface area contributed by atoms with Crippen LogP contribution in [0, 0.1) is 5.41 Å². The predicted octanol–water partition coefficient (Wildman–Crippen LogP) is 3.44. The number of halogens is 1. The molecule has 1 N–H and O–H groups in total. The van der Waals surface area contributed by atoms with Crippen molar-refractivity contribution in [2.75, 3.05) is 18.1 Å². The van der Waals surface area contributed by atoms with Crippen LogP contribution in [0.25, 0.3) is 0 Å². The molecule has 0 saturated heterocycles. The largest absolute Gasteiger partial charge is 0.490 e. The summed E-state index contributed by atoms with van der Waals surface area (Å²) in [5.74, 6) is 0.521. The van der Waals surface area contributed by atoms with Crippen molar-refractivity contribution in [1.82, 2.24) is 4.98 Å². The SMILES string of the molecule is CC(CC(=N)C(=O)N1CCOc2ccccc21)c1cccnc1.Cl. The van der Waals surface area contributed by atoms with Crippen molar-refractivity contribution in [3.8, 4) is 5.75 Å². The third-order valence-electron chi connectivity index (χ3n) is 4.00. The fraction of sp³-hybridized carbons (Fsp3) is 0.278. The summed E-state index contributed by atoms with van der Waals surface area (Å²) in [4.78, 5) is 18.4. The van der Waals surface area contributed by atoms with Crippen molar-refractivity contribution >= 4 is 29.7 Å². The molecule has 0 radical (unpaired) electrons. The Kier molecular flexibility index (Phi) is 5.93. The number of hydrogen-bond acceptors (Lipinski definition) is 4. The van der Waals surface area contributed by atoms with E-state index in [-0.39, 0.29) is 29.9 Å². The summed E-state index contributed by atoms with van der Waals surface area (Å²) in [5.41, 5.74) is 1.88. The Balaban J connectivity index is 0.00000208. The minimum Gasteiger partial charge on any atom is -0.490 e. The number of carbonyl (C=O) groups is 1. The Morgan fingerprint density at radius 2 is 2.12 bits per heavy atom. The summed E-state index contributed by atoms with van der Waals surface area (Å²) >= 11 is 0. The van der Waals surface area contributed by atoms with Crippen LogP contribution in [0.15, 0.2) is 48.8 Å². The van der Waals surface area contributed by atoms with Crippen LogP contribution >= 0.6 is 12.4 Å². The third kappa shape index (κ3) is 3.74. The van der Waals surface area contributed by atoms with Gasteiger partial charge in [-0.05, 0) is 29.7 Å². The molecule has 0 fully saturated rings. The van der Waals surface area contributed by atoms with Crippen molar-refractivity contribution in [3.05, 3.63) is 54.4 Å². The van der Waals surface area contributed by atoms with Gasteiger partial charge in [-0.15, -0.1) is 12.4 Å². The number of ether oxygens (including phenoxy) is 1. The lowest BCUT2D eigenvalue weighted by Crippen LogP contribution is -2.41. The van der Waals surface area contributed by atoms with Gasteiger partial charge in [-0.1, -0.05) is 25.1 Å². The van der Waals surface area contributed by atoms with Crippen LogP contribution in [-0.2, 0) is 4.79 Å². The Bertz CT molecular complexity index is 721. The molecule has 1 amide bonds. The Hall–Kier alpha value is -2.40. The topological polar surface area (TPSA) is 66.3 Å². The molecule has 2 heterocycles. The van der Waals surface area contributed by atoms with Crippen LogP contribution in [0.3, 0.4) is 0 Å². The van der Waals surface area contributed by atoms with E-state index < -0.39 is 0 Å². The summed E-state index contributed by atoms with van der Waals surface area (Å²) in [5, 5.41) is 8.20. The molecule has 24 heavy (non-hydrogen) atoms. The lowest BCUT2D eigenvalue weighted by atomic mass is 9.96. The summed E-state index contributed by atoms with van der Waals surface area (Å²) in [6, 6.07) is 11.3. The highest BCUT2D eigenvalue weighted by Crippen LogP contribution is 2.31. The standard InChI is InChI=1S/C18H19N3O2.ClH/c1-13(14-5-4-8-20-12-14)11-15(19)18(22)21-9-10-23-17-7-3-2-6-16(17)21;/h2-8,12-13,19H,9-11H2,1H3;1H. The highest BCUT2D eigenvalue weighted by molar-refractivity contribution is 6.42. The molecule has 5 nitrogen and oxygen atoms in total. The Morgan fingerprint density at radius 3 is 2.88 bits per heavy atom. The normalized spacial score (nSPS) is 14.0. The van der Waals surface area contributed by atoms with Gasteiger partial charge in [0.05, 0.1) is 17.9 Å². The van der Waals surface area contributed by atoms with Gasteiger partial charge in [-0.25, -0.2) is 0 Å². The van der Waals surface area contributed by atoms with E-state index in [9.17, 15) is 4.79 Å². The number of rotatable bonds is 4. The van der Waals surface area contributed by atoms with Crippen molar-refractivity contribution in [2.45, 2.75) is 19.3 Å². The molecule has 3 rings (SSSR count). The van der Waals surface area contributed by atoms with E-state index in [4.69, 9.17) is 10.1 Å². The Labute approximate surface area is 147 Å². The zero-order valence-corrected chi connectivity index (χ0v) is 14.3. The first-order valence-electron chi connectivity index (χ1n) is 7.68. The average molecular weight is 346 g/mol. The second-order valence-electron chi connectivity index (χ2n) is 5.64. The number of para-hydroxylation sites is 2. The molecule has 0 saturated carbocycles. The van der Waals surface area contributed by atoms with Crippen molar-refractivity contribution in [1.29, 1.82) is 5.41 Å². The van der Waals surface area contributed by atoms with Crippen LogP contribution in [0.4, 0.5) is 5.69 Å². The number of nitrogens with zero attached hydrogens (tertiary/aromatic N) is 2. The maximum absolute atomic E-state index is 12.7. The van der Waals surface area contributed by atoms with Crippen LogP contribution in [-0.4, -0.2) is 29.8 Å². The minimum atomic E-state index is -0.253. The third-order valence-corrected chi connectivity index (χ3v) is 4.00. The van der Waals surface area contributed by atoms with Crippen molar-refractivity contribution in [2.24, 2.45) is 0 Å². The maximum atomic E-state index is 12.7. The molecule has 0 spiro atoms. The van der Waals surface area contributed by atoms with Gasteiger partial charge in [0.25, 0.3) is 5.91 Å². The number of carbonyl (C=O) groups excluding carboxylic acids is 1. The zero-order valence-electron chi connectivity index (χ0n) is 13.4. The number of pyridine rings is 1. The first-order chi connectivity index (χ1) is 11.2. The molecule has 126 valence electrons. The minimum absolute atomic E-state index is 0. The molecule has 0 bridgehead atoms. The van der Waals surface area contributed by atoms with Gasteiger partial charge in [0.1, 0.15) is 12.4 Å². The molecule has 6 heteroatoms. The number of nitrogens with one attached hydrogen (secondary N) is 1. The molecule has 2 aromatic rings. The van der Waals surface area contributed by atoms with Crippen LogP contribution < -0.4 is 9.64 Å². The lowest BCUT2D eigenvalue weighted by Gasteiger charge is -2.29. The molecular weight excluding hydrogens is 326 g/mol. The average Bonchev–Trinajstić information content (AvgIpc) is 2.61. The number of anilines is 1. The monoisotopic (exact) mass is 345 g/mol. The van der Waals surface area contributed by atoms with E-state index in [0.29, 0.717) is 25.3 Å². The van der Waals surface area contributed by atoms with Gasteiger partial charge in [0, 0.05) is 18.8 Å². The van der Waals surface area contributed by atoms with E-state index in [1.807, 2.05) is 43.3 Å². The number of fused-ring (bicyclic) bond motifs is 1. The van der Waals surface area contributed by atoms with Gasteiger partial charge in [0.2, 0.25) is 0 Å². The number of aromatic nitrogens is 1. The summed E-state index contributed by atoms with van der Waals surface area (Å²) < 4.78 is 5.56. The zero-order chi connectivity index (χ0) is 16.2. The fourth-order valence-electron chi connectivity index (χ4n) is 2.72. The summed E-state index contributed by atoms with van der Waals surface area (Å²) in [6.07, 6.45) is 3.90. The summed E-state index contributed by atoms with van der Waals surface area (Å²) in [6.45, 7) is 2.93. The Morgan fingerprint density at radius 1 is 1.33 bits per heavy atom. The van der Waals surface area contributed by atoms with E-state index in [1.54, 1.807) is 17.3 Å². The molecule has 1 atom stereocenters. The van der Waals surface area contributed by atoms with Gasteiger partial charge >= 0.3 is 0 Å². The van der Waals surface area contributed by atoms with E-state index >= 15 is 0 Å². The first kappa shape index (κ1) is 17.9. The quantitative estimate of drug-likeness (QED) is 0.863. The second-order valence-corrected chi connectivity index (χ2v) is 5.64. The number of amides is 1. The van der Waals surface area contributed by atoms with E-state index in [2.05, 4.69) is 4.98 Å². The molecule has 0 aliphatic carbocycles. The highest BCUT2D eigenvalue weighted by Gasteiger charge is 2.26. The van der Waals surface area contributed by atoms with Crippen LogP contribution in [0.2, 0.25) is 0 Å². The van der Waals surface area contributed by atoms with E-state index in [1.165, 1.54) is 0 Å². The second kappa shape index (κ2) is 7.93. The molecular formula is C18H20ClN3O2. The molecule has 1 aromatic heterocycles. The molecule has 1 aliphatic rings. The van der Waals surface area contributed by atoms with Crippen molar-refractivity contribution < 1.29 is 9.53 Å². The van der Waals surface area contributed by atoms with Gasteiger partial charge in [0.15, 0.2) is 0 Å². The molecule has 1 aromatic carbocycles. The predicted molar refractivity (Wildman–Crippen MR) is 96.5 cm³/mol. The van der Waals surface area contributed by atoms with Crippen LogP contribution in [0.1, 0.15) is 24.8 Å². The smallest absolute Gasteiger partial charge is 0.272 e. The van der Waals surface area contributed by atoms with Gasteiger partial charge in [-0.3, -0.25) is 15.2 Å². The van der Waals surface area contributed by atoms with E-state index in [0.717, 1.165) is 11.3 Å². The molecule has 1 unspecified atom stereocenters. The van der Waals surface area contributed by atoms with Crippen LogP contribution in [0.5, 0.6) is 5.75 Å². The first-order valence-corrected chi connectivity index (χ1v) is 7.68. The number of benzene rings is 1. The summed E-state index contributed by atoms with van der Waals surface area (Å²) in [7, 11) is 0. The van der Waals surface area contributed by atoms with Crippen molar-refractivity contribution in [3.63, 3.8) is 0 Å². The lowest BCUT2D eigenvalue weighted by molar-refractivity contribution is -0.113. The fourth-order valence-corrected chi connectivity index (χ4v) is 2.72. The maximum Gasteiger partial charge on any atom is 0.272 e. The van der Waals surface area contributed by atoms with Gasteiger partial charge in [-0.2, -0.15) is 0 Å². The number of hydrogen-bond donors (Lipinski definition) is 1. The van der Waals surface area contributed by atoms with Gasteiger partial charge < -0.3 is 9.64 Å².